The minimum Gasteiger partial charge on any atom is -0.497 e. The van der Waals surface area contributed by atoms with Crippen LogP contribution in [-0.4, -0.2) is 15.5 Å². The van der Waals surface area contributed by atoms with Gasteiger partial charge in [-0.3, -0.25) is 0 Å². The van der Waals surface area contributed by atoms with Gasteiger partial charge in [-0.2, -0.15) is 0 Å². The number of nitrogens with one attached hydrogen (secondary N) is 1. The Kier molecular flexibility index (Phi) is 5.15. The average molecular weight is 323 g/mol. The van der Waals surface area contributed by atoms with Crippen molar-refractivity contribution in [2.45, 2.75) is 24.3 Å². The van der Waals surface area contributed by atoms with E-state index in [9.17, 15) is 12.8 Å². The third-order valence-corrected chi connectivity index (χ3v) is 4.84. The zero-order chi connectivity index (χ0) is 16.2. The fourth-order valence-corrected chi connectivity index (χ4v) is 3.40. The van der Waals surface area contributed by atoms with Gasteiger partial charge in [0.15, 0.2) is 0 Å². The highest BCUT2D eigenvalue weighted by molar-refractivity contribution is 7.89. The summed E-state index contributed by atoms with van der Waals surface area (Å²) in [5.74, 6) is 0.237. The van der Waals surface area contributed by atoms with Crippen LogP contribution in [0.4, 0.5) is 4.39 Å². The topological polar surface area (TPSA) is 55.4 Å². The van der Waals surface area contributed by atoms with Crippen LogP contribution in [-0.2, 0) is 10.0 Å². The molecule has 0 radical (unpaired) electrons. The van der Waals surface area contributed by atoms with Gasteiger partial charge in [0.2, 0.25) is 10.0 Å². The zero-order valence-electron chi connectivity index (χ0n) is 12.4. The summed E-state index contributed by atoms with van der Waals surface area (Å²) >= 11 is 0. The normalized spacial score (nSPS) is 12.9. The first-order valence-corrected chi connectivity index (χ1v) is 8.36. The monoisotopic (exact) mass is 323 g/mol. The Bertz CT molecular complexity index is 712. The number of methoxy groups -OCH3 is 1. The molecule has 6 heteroatoms. The van der Waals surface area contributed by atoms with Gasteiger partial charge in [-0.05, 0) is 48.4 Å². The fourth-order valence-electron chi connectivity index (χ4n) is 2.09. The Balaban J connectivity index is 2.22. The predicted octanol–water partition coefficient (Wildman–Crippen LogP) is 3.26. The zero-order valence-corrected chi connectivity index (χ0v) is 13.2. The molecule has 0 fully saturated rings. The van der Waals surface area contributed by atoms with E-state index in [0.717, 1.165) is 17.7 Å². The molecule has 4 nitrogen and oxygen atoms in total. The molecule has 0 spiro atoms. The molecule has 0 aliphatic carbocycles. The van der Waals surface area contributed by atoms with E-state index in [1.807, 2.05) is 19.1 Å². The minimum atomic E-state index is -3.70. The van der Waals surface area contributed by atoms with E-state index < -0.39 is 15.8 Å². The quantitative estimate of drug-likeness (QED) is 0.888. The summed E-state index contributed by atoms with van der Waals surface area (Å²) in [6, 6.07) is 11.6. The second-order valence-electron chi connectivity index (χ2n) is 4.81. The summed E-state index contributed by atoms with van der Waals surface area (Å²) in [7, 11) is -2.13. The minimum absolute atomic E-state index is 0.0425. The lowest BCUT2D eigenvalue weighted by atomic mass is 10.1. The highest BCUT2D eigenvalue weighted by Crippen LogP contribution is 2.22. The van der Waals surface area contributed by atoms with Gasteiger partial charge in [-0.25, -0.2) is 17.5 Å². The molecule has 1 N–H and O–H groups in total. The van der Waals surface area contributed by atoms with Gasteiger partial charge in [-0.1, -0.05) is 19.1 Å². The molecule has 0 saturated carbocycles. The molecule has 0 amide bonds. The first kappa shape index (κ1) is 16.5. The van der Waals surface area contributed by atoms with E-state index in [0.29, 0.717) is 12.2 Å². The fraction of sp³-hybridized carbons (Fsp3) is 0.250. The van der Waals surface area contributed by atoms with E-state index in [-0.39, 0.29) is 10.9 Å². The third kappa shape index (κ3) is 3.84. The molecule has 1 atom stereocenters. The van der Waals surface area contributed by atoms with E-state index in [4.69, 9.17) is 4.74 Å². The predicted molar refractivity (Wildman–Crippen MR) is 82.7 cm³/mol. The van der Waals surface area contributed by atoms with Gasteiger partial charge in [0, 0.05) is 6.04 Å². The summed E-state index contributed by atoms with van der Waals surface area (Å²) in [6.07, 6.45) is 0.590. The number of benzene rings is 2. The van der Waals surface area contributed by atoms with Crippen LogP contribution in [0.15, 0.2) is 53.4 Å². The van der Waals surface area contributed by atoms with Crippen molar-refractivity contribution in [2.24, 2.45) is 0 Å². The van der Waals surface area contributed by atoms with Gasteiger partial charge in [-0.15, -0.1) is 0 Å². The summed E-state index contributed by atoms with van der Waals surface area (Å²) in [5.41, 5.74) is 0.842. The second kappa shape index (κ2) is 6.89. The molecule has 2 rings (SSSR count). The van der Waals surface area contributed by atoms with Crippen molar-refractivity contribution in [3.05, 3.63) is 59.9 Å². The molecule has 0 aliphatic rings. The summed E-state index contributed by atoms with van der Waals surface area (Å²) in [5, 5.41) is 0. The molecule has 2 aromatic carbocycles. The smallest absolute Gasteiger partial charge is 0.241 e. The highest BCUT2D eigenvalue weighted by atomic mass is 32.2. The third-order valence-electron chi connectivity index (χ3n) is 3.35. The van der Waals surface area contributed by atoms with Gasteiger partial charge in [0.05, 0.1) is 12.0 Å². The average Bonchev–Trinajstić information content (AvgIpc) is 2.53. The van der Waals surface area contributed by atoms with Crippen molar-refractivity contribution in [1.29, 1.82) is 0 Å². The highest BCUT2D eigenvalue weighted by Gasteiger charge is 2.20. The lowest BCUT2D eigenvalue weighted by molar-refractivity contribution is 0.414. The maximum Gasteiger partial charge on any atom is 0.241 e. The van der Waals surface area contributed by atoms with Crippen LogP contribution < -0.4 is 9.46 Å². The Labute approximate surface area is 130 Å². The number of hydrogen-bond acceptors (Lipinski definition) is 3. The SMILES string of the molecule is CCC(NS(=O)(=O)c1ccc(F)cc1)c1ccc(OC)cc1. The second-order valence-corrected chi connectivity index (χ2v) is 6.52. The number of rotatable bonds is 6. The molecule has 0 aromatic heterocycles. The van der Waals surface area contributed by atoms with Crippen LogP contribution in [0.1, 0.15) is 24.9 Å². The van der Waals surface area contributed by atoms with Crippen molar-refractivity contribution in [1.82, 2.24) is 4.72 Å². The lowest BCUT2D eigenvalue weighted by Gasteiger charge is -2.18. The van der Waals surface area contributed by atoms with Crippen molar-refractivity contribution in [3.63, 3.8) is 0 Å². The molecular formula is C16H18FNO3S. The number of hydrogen-bond donors (Lipinski definition) is 1. The Morgan fingerprint density at radius 2 is 1.68 bits per heavy atom. The standard InChI is InChI=1S/C16H18FNO3S/c1-3-16(12-4-8-14(21-2)9-5-12)18-22(19,20)15-10-6-13(17)7-11-15/h4-11,16,18H,3H2,1-2H3. The Morgan fingerprint density at radius 3 is 2.18 bits per heavy atom. The number of ether oxygens (including phenoxy) is 1. The summed E-state index contributed by atoms with van der Waals surface area (Å²) in [6.45, 7) is 1.89. The summed E-state index contributed by atoms with van der Waals surface area (Å²) < 4.78 is 45.3. The molecule has 0 bridgehead atoms. The van der Waals surface area contributed by atoms with Crippen LogP contribution in [0.3, 0.4) is 0 Å². The Morgan fingerprint density at radius 1 is 1.09 bits per heavy atom. The van der Waals surface area contributed by atoms with Crippen molar-refractivity contribution < 1.29 is 17.5 Å². The number of sulfonamides is 1. The van der Waals surface area contributed by atoms with Crippen LogP contribution in [0.2, 0.25) is 0 Å². The van der Waals surface area contributed by atoms with Gasteiger partial charge >= 0.3 is 0 Å². The largest absolute Gasteiger partial charge is 0.497 e. The Hall–Kier alpha value is -1.92. The molecule has 0 saturated heterocycles. The van der Waals surface area contributed by atoms with E-state index in [1.165, 1.54) is 12.1 Å². The molecule has 22 heavy (non-hydrogen) atoms. The maximum atomic E-state index is 12.9. The first-order valence-electron chi connectivity index (χ1n) is 6.88. The van der Waals surface area contributed by atoms with Crippen LogP contribution >= 0.6 is 0 Å². The van der Waals surface area contributed by atoms with E-state index in [2.05, 4.69) is 4.72 Å². The van der Waals surface area contributed by atoms with Crippen LogP contribution in [0.25, 0.3) is 0 Å². The molecular weight excluding hydrogens is 305 g/mol. The number of halogens is 1. The molecule has 1 unspecified atom stereocenters. The van der Waals surface area contributed by atoms with Gasteiger partial charge < -0.3 is 4.74 Å². The van der Waals surface area contributed by atoms with Crippen molar-refractivity contribution in [2.75, 3.05) is 7.11 Å². The molecule has 0 aliphatic heterocycles. The van der Waals surface area contributed by atoms with Crippen molar-refractivity contribution >= 4 is 10.0 Å². The van der Waals surface area contributed by atoms with Gasteiger partial charge in [0.25, 0.3) is 0 Å². The van der Waals surface area contributed by atoms with Crippen LogP contribution in [0, 0.1) is 5.82 Å². The maximum absolute atomic E-state index is 12.9. The van der Waals surface area contributed by atoms with Gasteiger partial charge in [0.1, 0.15) is 11.6 Å². The molecule has 118 valence electrons. The van der Waals surface area contributed by atoms with Crippen molar-refractivity contribution in [3.8, 4) is 5.75 Å². The molecule has 0 heterocycles. The molecule has 2 aromatic rings. The van der Waals surface area contributed by atoms with Crippen LogP contribution in [0.5, 0.6) is 5.75 Å². The lowest BCUT2D eigenvalue weighted by Crippen LogP contribution is -2.28. The van der Waals surface area contributed by atoms with E-state index >= 15 is 0 Å². The summed E-state index contributed by atoms with van der Waals surface area (Å²) in [4.78, 5) is 0.0425. The van der Waals surface area contributed by atoms with E-state index in [1.54, 1.807) is 19.2 Å². The first-order chi connectivity index (χ1) is 10.5.